The lowest BCUT2D eigenvalue weighted by molar-refractivity contribution is -0.121. The van der Waals surface area contributed by atoms with Crippen molar-refractivity contribution in [2.24, 2.45) is 0 Å². The van der Waals surface area contributed by atoms with Crippen LogP contribution in [0.3, 0.4) is 0 Å². The van der Waals surface area contributed by atoms with Crippen LogP contribution in [0.4, 0.5) is 0 Å². The van der Waals surface area contributed by atoms with Crippen LogP contribution < -0.4 is 5.32 Å². The molecule has 2 unspecified atom stereocenters. The van der Waals surface area contributed by atoms with Crippen molar-refractivity contribution in [2.75, 3.05) is 0 Å². The van der Waals surface area contributed by atoms with Gasteiger partial charge in [-0.1, -0.05) is 36.4 Å². The smallest absolute Gasteiger partial charge is 0.233 e. The van der Waals surface area contributed by atoms with Crippen LogP contribution in [0, 0.1) is 0 Å². The van der Waals surface area contributed by atoms with Crippen molar-refractivity contribution in [1.82, 2.24) is 5.32 Å². The van der Waals surface area contributed by atoms with Gasteiger partial charge in [0, 0.05) is 4.88 Å². The number of carbonyl (C=O) groups is 1. The first-order valence-electron chi connectivity index (χ1n) is 6.22. The Bertz CT molecular complexity index is 510. The SMILES string of the molecule is CC(NC(=O)C(S)Cc1ccccc1)c1cccs1. The molecule has 0 radical (unpaired) electrons. The maximum absolute atomic E-state index is 12.1. The minimum Gasteiger partial charge on any atom is -0.348 e. The zero-order valence-corrected chi connectivity index (χ0v) is 12.5. The number of benzene rings is 1. The van der Waals surface area contributed by atoms with Crippen LogP contribution in [0.1, 0.15) is 23.4 Å². The first-order valence-corrected chi connectivity index (χ1v) is 7.62. The normalized spacial score (nSPS) is 13.8. The van der Waals surface area contributed by atoms with E-state index in [1.165, 1.54) is 0 Å². The van der Waals surface area contributed by atoms with E-state index in [0.29, 0.717) is 6.42 Å². The fraction of sp³-hybridized carbons (Fsp3) is 0.267. The van der Waals surface area contributed by atoms with Crippen molar-refractivity contribution in [1.29, 1.82) is 0 Å². The Hall–Kier alpha value is -1.26. The average Bonchev–Trinajstić information content (AvgIpc) is 2.93. The van der Waals surface area contributed by atoms with Crippen molar-refractivity contribution in [3.63, 3.8) is 0 Å². The standard InChI is InChI=1S/C15H17NOS2/c1-11(14-8-5-9-19-14)16-15(17)13(18)10-12-6-3-2-4-7-12/h2-9,11,13,18H,10H2,1H3,(H,16,17). The van der Waals surface area contributed by atoms with E-state index in [2.05, 4.69) is 17.9 Å². The number of hydrogen-bond acceptors (Lipinski definition) is 3. The number of nitrogens with one attached hydrogen (secondary N) is 1. The summed E-state index contributed by atoms with van der Waals surface area (Å²) in [6.45, 7) is 1.99. The molecule has 1 aromatic carbocycles. The molecule has 2 atom stereocenters. The van der Waals surface area contributed by atoms with Crippen molar-refractivity contribution in [3.8, 4) is 0 Å². The summed E-state index contributed by atoms with van der Waals surface area (Å²) in [5.74, 6) is -0.0203. The average molecular weight is 291 g/mol. The van der Waals surface area contributed by atoms with Crippen molar-refractivity contribution >= 4 is 29.9 Å². The molecule has 1 amide bonds. The van der Waals surface area contributed by atoms with Crippen LogP contribution in [0.25, 0.3) is 0 Å². The Morgan fingerprint density at radius 2 is 2.00 bits per heavy atom. The van der Waals surface area contributed by atoms with E-state index in [1.807, 2.05) is 54.8 Å². The summed E-state index contributed by atoms with van der Waals surface area (Å²) in [4.78, 5) is 13.2. The molecule has 1 aromatic heterocycles. The molecule has 19 heavy (non-hydrogen) atoms. The lowest BCUT2D eigenvalue weighted by Gasteiger charge is -2.16. The molecule has 4 heteroatoms. The number of hydrogen-bond donors (Lipinski definition) is 2. The van der Waals surface area contributed by atoms with Gasteiger partial charge in [0.25, 0.3) is 0 Å². The lowest BCUT2D eigenvalue weighted by Crippen LogP contribution is -2.34. The number of amides is 1. The van der Waals surface area contributed by atoms with E-state index >= 15 is 0 Å². The number of thiol groups is 1. The molecule has 0 bridgehead atoms. The molecule has 2 nitrogen and oxygen atoms in total. The summed E-state index contributed by atoms with van der Waals surface area (Å²) in [5.41, 5.74) is 1.13. The third kappa shape index (κ3) is 4.11. The highest BCUT2D eigenvalue weighted by molar-refractivity contribution is 7.81. The minimum absolute atomic E-state index is 0.0203. The van der Waals surface area contributed by atoms with Gasteiger partial charge in [-0.15, -0.1) is 11.3 Å². The quantitative estimate of drug-likeness (QED) is 0.812. The molecule has 2 aromatic rings. The van der Waals surface area contributed by atoms with Crippen LogP contribution in [-0.2, 0) is 11.2 Å². The first kappa shape index (κ1) is 14.2. The second kappa shape index (κ2) is 6.78. The van der Waals surface area contributed by atoms with Crippen molar-refractivity contribution < 1.29 is 4.79 Å². The van der Waals surface area contributed by atoms with Gasteiger partial charge in [0.15, 0.2) is 0 Å². The third-order valence-corrected chi connectivity index (χ3v) is 4.38. The molecule has 0 fully saturated rings. The molecule has 0 spiro atoms. The van der Waals surface area contributed by atoms with Crippen molar-refractivity contribution in [3.05, 3.63) is 58.3 Å². The Kier molecular flexibility index (Phi) is 5.05. The van der Waals surface area contributed by atoms with Gasteiger partial charge in [-0.25, -0.2) is 0 Å². The van der Waals surface area contributed by atoms with Crippen molar-refractivity contribution in [2.45, 2.75) is 24.6 Å². The summed E-state index contributed by atoms with van der Waals surface area (Å²) in [7, 11) is 0. The molecule has 0 saturated carbocycles. The molecular formula is C15H17NOS2. The van der Waals surface area contributed by atoms with Gasteiger partial charge in [0.05, 0.1) is 11.3 Å². The van der Waals surface area contributed by atoms with Gasteiger partial charge in [-0.05, 0) is 30.4 Å². The first-order chi connectivity index (χ1) is 9.16. The molecule has 0 saturated heterocycles. The second-order valence-corrected chi connectivity index (χ2v) is 6.05. The Morgan fingerprint density at radius 1 is 1.26 bits per heavy atom. The summed E-state index contributed by atoms with van der Waals surface area (Å²) in [6, 6.07) is 14.0. The highest BCUT2D eigenvalue weighted by atomic mass is 32.1. The summed E-state index contributed by atoms with van der Waals surface area (Å²) >= 11 is 6.05. The lowest BCUT2D eigenvalue weighted by atomic mass is 10.1. The molecule has 1 heterocycles. The highest BCUT2D eigenvalue weighted by Gasteiger charge is 2.17. The van der Waals surface area contributed by atoms with Crippen LogP contribution in [0.2, 0.25) is 0 Å². The van der Waals surface area contributed by atoms with E-state index < -0.39 is 0 Å². The van der Waals surface area contributed by atoms with Crippen LogP contribution in [-0.4, -0.2) is 11.2 Å². The van der Waals surface area contributed by atoms with E-state index in [-0.39, 0.29) is 17.2 Å². The van der Waals surface area contributed by atoms with Gasteiger partial charge < -0.3 is 5.32 Å². The number of thiophene rings is 1. The van der Waals surface area contributed by atoms with Crippen LogP contribution in [0.5, 0.6) is 0 Å². The fourth-order valence-electron chi connectivity index (χ4n) is 1.85. The Balaban J connectivity index is 1.89. The largest absolute Gasteiger partial charge is 0.348 e. The topological polar surface area (TPSA) is 29.1 Å². The summed E-state index contributed by atoms with van der Waals surface area (Å²) in [5, 5.41) is 4.70. The van der Waals surface area contributed by atoms with Gasteiger partial charge in [-0.3, -0.25) is 4.79 Å². The number of carbonyl (C=O) groups excluding carboxylic acids is 1. The van der Waals surface area contributed by atoms with Crippen LogP contribution >= 0.6 is 24.0 Å². The maximum atomic E-state index is 12.1. The molecular weight excluding hydrogens is 274 g/mol. The highest BCUT2D eigenvalue weighted by Crippen LogP contribution is 2.19. The molecule has 0 aliphatic carbocycles. The number of rotatable bonds is 5. The molecule has 0 aliphatic heterocycles. The van der Waals surface area contributed by atoms with Gasteiger partial charge >= 0.3 is 0 Å². The van der Waals surface area contributed by atoms with Gasteiger partial charge in [0.1, 0.15) is 0 Å². The maximum Gasteiger partial charge on any atom is 0.233 e. The molecule has 1 N–H and O–H groups in total. The van der Waals surface area contributed by atoms with Gasteiger partial charge in [-0.2, -0.15) is 12.6 Å². The molecule has 2 rings (SSSR count). The Labute approximate surface area is 123 Å². The second-order valence-electron chi connectivity index (χ2n) is 4.45. The zero-order valence-electron chi connectivity index (χ0n) is 10.7. The minimum atomic E-state index is -0.315. The Morgan fingerprint density at radius 3 is 2.63 bits per heavy atom. The predicted octanol–water partition coefficient (Wildman–Crippen LogP) is 3.47. The molecule has 100 valence electrons. The van der Waals surface area contributed by atoms with E-state index in [1.54, 1.807) is 11.3 Å². The zero-order chi connectivity index (χ0) is 13.7. The van der Waals surface area contributed by atoms with Gasteiger partial charge in [0.2, 0.25) is 5.91 Å². The predicted molar refractivity (Wildman–Crippen MR) is 83.8 cm³/mol. The molecule has 0 aliphatic rings. The fourth-order valence-corrected chi connectivity index (χ4v) is 2.87. The van der Waals surface area contributed by atoms with Crippen LogP contribution in [0.15, 0.2) is 47.8 Å². The summed E-state index contributed by atoms with van der Waals surface area (Å²) < 4.78 is 0. The third-order valence-electron chi connectivity index (χ3n) is 2.90. The monoisotopic (exact) mass is 291 g/mol. The van der Waals surface area contributed by atoms with E-state index in [0.717, 1.165) is 10.4 Å². The van der Waals surface area contributed by atoms with E-state index in [9.17, 15) is 4.79 Å². The summed E-state index contributed by atoms with van der Waals surface area (Å²) in [6.07, 6.45) is 0.646. The van der Waals surface area contributed by atoms with E-state index in [4.69, 9.17) is 0 Å².